The fourth-order valence-corrected chi connectivity index (χ4v) is 2.49. The maximum atomic E-state index is 3.39. The number of hydrogen-bond acceptors (Lipinski definition) is 1. The summed E-state index contributed by atoms with van der Waals surface area (Å²) in [5, 5.41) is 3.39. The Balaban J connectivity index is 2.20. The van der Waals surface area contributed by atoms with E-state index in [1.54, 1.807) is 0 Å². The molecule has 0 spiro atoms. The topological polar surface area (TPSA) is 12.0 Å². The van der Waals surface area contributed by atoms with Gasteiger partial charge in [0.05, 0.1) is 6.04 Å². The molecule has 2 aromatic rings. The van der Waals surface area contributed by atoms with Crippen molar-refractivity contribution in [1.82, 2.24) is 5.32 Å². The van der Waals surface area contributed by atoms with Crippen molar-refractivity contribution in [3.8, 4) is 0 Å². The normalized spacial score (nSPS) is 12.6. The van der Waals surface area contributed by atoms with E-state index in [9.17, 15) is 0 Å². The van der Waals surface area contributed by atoms with Crippen molar-refractivity contribution < 1.29 is 0 Å². The van der Waals surface area contributed by atoms with Crippen LogP contribution in [0.3, 0.4) is 0 Å². The van der Waals surface area contributed by atoms with E-state index >= 15 is 0 Å². The molecule has 0 saturated heterocycles. The fourth-order valence-electron chi connectivity index (χ4n) is 2.49. The Hall–Kier alpha value is -1.60. The average molecular weight is 253 g/mol. The molecule has 19 heavy (non-hydrogen) atoms. The van der Waals surface area contributed by atoms with E-state index < -0.39 is 0 Å². The summed E-state index contributed by atoms with van der Waals surface area (Å²) in [5.74, 6) is 0.708. The molecule has 0 amide bonds. The van der Waals surface area contributed by atoms with Crippen LogP contribution in [0.1, 0.15) is 36.6 Å². The van der Waals surface area contributed by atoms with E-state index in [-0.39, 0.29) is 6.04 Å². The lowest BCUT2D eigenvalue weighted by Gasteiger charge is -2.17. The summed E-state index contributed by atoms with van der Waals surface area (Å²) >= 11 is 0. The molecule has 2 rings (SSSR count). The van der Waals surface area contributed by atoms with Crippen LogP contribution in [0.15, 0.2) is 54.6 Å². The molecule has 0 aromatic heterocycles. The number of nitrogens with one attached hydrogen (secondary N) is 1. The van der Waals surface area contributed by atoms with Crippen molar-refractivity contribution in [3.63, 3.8) is 0 Å². The first kappa shape index (κ1) is 13.8. The zero-order valence-corrected chi connectivity index (χ0v) is 12.1. The quantitative estimate of drug-likeness (QED) is 0.842. The lowest BCUT2D eigenvalue weighted by molar-refractivity contribution is 0.645. The zero-order valence-electron chi connectivity index (χ0n) is 12.1. The van der Waals surface area contributed by atoms with Gasteiger partial charge in [-0.1, -0.05) is 68.4 Å². The highest BCUT2D eigenvalue weighted by molar-refractivity contribution is 5.33. The van der Waals surface area contributed by atoms with Crippen LogP contribution in [-0.4, -0.2) is 7.05 Å². The number of hydrogen-bond donors (Lipinski definition) is 1. The number of rotatable bonds is 5. The van der Waals surface area contributed by atoms with Crippen LogP contribution in [-0.2, 0) is 6.42 Å². The van der Waals surface area contributed by atoms with Crippen molar-refractivity contribution >= 4 is 0 Å². The Kier molecular flexibility index (Phi) is 4.75. The van der Waals surface area contributed by atoms with Gasteiger partial charge in [0.15, 0.2) is 0 Å². The van der Waals surface area contributed by atoms with E-state index in [1.807, 2.05) is 7.05 Å². The number of benzene rings is 2. The second kappa shape index (κ2) is 6.53. The van der Waals surface area contributed by atoms with Gasteiger partial charge >= 0.3 is 0 Å². The van der Waals surface area contributed by atoms with Gasteiger partial charge in [-0.2, -0.15) is 0 Å². The second-order valence-corrected chi connectivity index (χ2v) is 5.47. The Bertz CT molecular complexity index is 485. The minimum absolute atomic E-state index is 0.272. The first-order chi connectivity index (χ1) is 9.20. The van der Waals surface area contributed by atoms with E-state index in [1.165, 1.54) is 16.7 Å². The molecule has 1 atom stereocenters. The SMILES string of the molecule is CNC(c1ccccc1)c1ccc(CC(C)C)cc1. The van der Waals surface area contributed by atoms with Gasteiger partial charge in [-0.3, -0.25) is 0 Å². The second-order valence-electron chi connectivity index (χ2n) is 5.47. The van der Waals surface area contributed by atoms with Gasteiger partial charge < -0.3 is 5.32 Å². The van der Waals surface area contributed by atoms with Crippen LogP contribution in [0.4, 0.5) is 0 Å². The predicted octanol–water partition coefficient (Wildman–Crippen LogP) is 4.19. The van der Waals surface area contributed by atoms with Gasteiger partial charge in [-0.15, -0.1) is 0 Å². The minimum Gasteiger partial charge on any atom is -0.309 e. The molecule has 0 aliphatic rings. The molecule has 0 saturated carbocycles. The van der Waals surface area contributed by atoms with Crippen LogP contribution in [0.5, 0.6) is 0 Å². The van der Waals surface area contributed by atoms with Gasteiger partial charge in [0.1, 0.15) is 0 Å². The third-order valence-corrected chi connectivity index (χ3v) is 3.38. The molecule has 0 fully saturated rings. The molecule has 1 heteroatoms. The molecule has 1 nitrogen and oxygen atoms in total. The smallest absolute Gasteiger partial charge is 0.0574 e. The maximum absolute atomic E-state index is 3.39. The van der Waals surface area contributed by atoms with Gasteiger partial charge in [-0.05, 0) is 36.1 Å². The first-order valence-electron chi connectivity index (χ1n) is 7.01. The summed E-state index contributed by atoms with van der Waals surface area (Å²) < 4.78 is 0. The lowest BCUT2D eigenvalue weighted by atomic mass is 9.96. The van der Waals surface area contributed by atoms with Crippen molar-refractivity contribution in [2.45, 2.75) is 26.3 Å². The van der Waals surface area contributed by atoms with Crippen molar-refractivity contribution in [2.75, 3.05) is 7.05 Å². The van der Waals surface area contributed by atoms with Crippen LogP contribution in [0.25, 0.3) is 0 Å². The first-order valence-corrected chi connectivity index (χ1v) is 7.01. The van der Waals surface area contributed by atoms with Gasteiger partial charge in [0.25, 0.3) is 0 Å². The molecule has 0 aliphatic heterocycles. The molecule has 0 radical (unpaired) electrons. The molecule has 100 valence electrons. The molecule has 0 heterocycles. The van der Waals surface area contributed by atoms with Crippen LogP contribution >= 0.6 is 0 Å². The largest absolute Gasteiger partial charge is 0.309 e. The molecule has 0 bridgehead atoms. The predicted molar refractivity (Wildman–Crippen MR) is 82.3 cm³/mol. The summed E-state index contributed by atoms with van der Waals surface area (Å²) in [7, 11) is 2.01. The summed E-state index contributed by atoms with van der Waals surface area (Å²) in [6, 6.07) is 19.8. The van der Waals surface area contributed by atoms with Crippen LogP contribution < -0.4 is 5.32 Å². The highest BCUT2D eigenvalue weighted by Crippen LogP contribution is 2.22. The van der Waals surface area contributed by atoms with Crippen LogP contribution in [0.2, 0.25) is 0 Å². The highest BCUT2D eigenvalue weighted by Gasteiger charge is 2.11. The Morgan fingerprint density at radius 3 is 1.95 bits per heavy atom. The van der Waals surface area contributed by atoms with Gasteiger partial charge in [0, 0.05) is 0 Å². The molecular weight excluding hydrogens is 230 g/mol. The highest BCUT2D eigenvalue weighted by atomic mass is 14.9. The van der Waals surface area contributed by atoms with E-state index in [2.05, 4.69) is 73.8 Å². The lowest BCUT2D eigenvalue weighted by Crippen LogP contribution is -2.17. The summed E-state index contributed by atoms with van der Waals surface area (Å²) in [6.45, 7) is 4.52. The van der Waals surface area contributed by atoms with Gasteiger partial charge in [0.2, 0.25) is 0 Å². The molecule has 1 N–H and O–H groups in total. The monoisotopic (exact) mass is 253 g/mol. The summed E-state index contributed by atoms with van der Waals surface area (Å²) in [5.41, 5.74) is 4.05. The molecule has 1 unspecified atom stereocenters. The summed E-state index contributed by atoms with van der Waals surface area (Å²) in [6.07, 6.45) is 1.15. The van der Waals surface area contributed by atoms with Crippen molar-refractivity contribution in [2.24, 2.45) is 5.92 Å². The molecular formula is C18H23N. The Labute approximate surface area is 116 Å². The maximum Gasteiger partial charge on any atom is 0.0574 e. The Morgan fingerprint density at radius 2 is 1.42 bits per heavy atom. The third kappa shape index (κ3) is 3.68. The minimum atomic E-state index is 0.272. The fraction of sp³-hybridized carbons (Fsp3) is 0.333. The molecule has 2 aromatic carbocycles. The van der Waals surface area contributed by atoms with Gasteiger partial charge in [-0.25, -0.2) is 0 Å². The summed E-state index contributed by atoms with van der Waals surface area (Å²) in [4.78, 5) is 0. The average Bonchev–Trinajstić information content (AvgIpc) is 2.42. The third-order valence-electron chi connectivity index (χ3n) is 3.38. The van der Waals surface area contributed by atoms with E-state index in [4.69, 9.17) is 0 Å². The van der Waals surface area contributed by atoms with Crippen LogP contribution in [0, 0.1) is 5.92 Å². The van der Waals surface area contributed by atoms with E-state index in [0.717, 1.165) is 6.42 Å². The van der Waals surface area contributed by atoms with E-state index in [0.29, 0.717) is 5.92 Å². The Morgan fingerprint density at radius 1 is 0.842 bits per heavy atom. The van der Waals surface area contributed by atoms with Crippen molar-refractivity contribution in [1.29, 1.82) is 0 Å². The zero-order chi connectivity index (χ0) is 13.7. The van der Waals surface area contributed by atoms with Crippen molar-refractivity contribution in [3.05, 3.63) is 71.3 Å². The molecule has 0 aliphatic carbocycles. The standard InChI is InChI=1S/C18H23N/c1-14(2)13-15-9-11-17(12-10-15)18(19-3)16-7-5-4-6-8-16/h4-12,14,18-19H,13H2,1-3H3.